The first-order valence-electron chi connectivity index (χ1n) is 4.92. The van der Waals surface area contributed by atoms with E-state index in [1.54, 1.807) is 23.5 Å². The van der Waals surface area contributed by atoms with Crippen LogP contribution in [0.4, 0.5) is 0 Å². The molecule has 0 radical (unpaired) electrons. The highest BCUT2D eigenvalue weighted by molar-refractivity contribution is 7.11. The number of nitrogens with zero attached hydrogens (tertiary/aromatic N) is 1. The molecule has 2 rings (SSSR count). The predicted octanol–water partition coefficient (Wildman–Crippen LogP) is 3.28. The van der Waals surface area contributed by atoms with Gasteiger partial charge in [0.25, 0.3) is 0 Å². The average molecular weight is 258 g/mol. The summed E-state index contributed by atoms with van der Waals surface area (Å²) in [5, 5.41) is 11.1. The number of furan rings is 1. The molecule has 0 saturated heterocycles. The Kier molecular flexibility index (Phi) is 3.33. The first-order valence-corrected chi connectivity index (χ1v) is 6.12. The van der Waals surface area contributed by atoms with Gasteiger partial charge in [-0.25, -0.2) is 4.98 Å². The van der Waals surface area contributed by atoms with Crippen molar-refractivity contribution >= 4 is 22.9 Å². The molecule has 1 N–H and O–H groups in total. The van der Waals surface area contributed by atoms with Gasteiger partial charge in [0.2, 0.25) is 0 Å². The molecule has 1 unspecified atom stereocenters. The van der Waals surface area contributed by atoms with E-state index in [0.717, 1.165) is 10.7 Å². The molecule has 5 heteroatoms. The summed E-state index contributed by atoms with van der Waals surface area (Å²) in [5.74, 6) is 0.482. The van der Waals surface area contributed by atoms with Crippen LogP contribution in [0.15, 0.2) is 16.5 Å². The fraction of sp³-hybridized carbons (Fsp3) is 0.364. The van der Waals surface area contributed by atoms with E-state index >= 15 is 0 Å². The Morgan fingerprint density at radius 2 is 2.25 bits per heavy atom. The highest BCUT2D eigenvalue weighted by atomic mass is 35.5. The van der Waals surface area contributed by atoms with Crippen molar-refractivity contribution in [3.05, 3.63) is 38.7 Å². The molecule has 86 valence electrons. The van der Waals surface area contributed by atoms with Crippen molar-refractivity contribution in [2.75, 3.05) is 0 Å². The second kappa shape index (κ2) is 4.57. The van der Waals surface area contributed by atoms with Gasteiger partial charge in [-0.1, -0.05) is 0 Å². The molecule has 2 aromatic rings. The summed E-state index contributed by atoms with van der Waals surface area (Å²) in [6.45, 7) is 3.98. The van der Waals surface area contributed by atoms with Crippen molar-refractivity contribution in [2.24, 2.45) is 0 Å². The quantitative estimate of drug-likeness (QED) is 0.918. The largest absolute Gasteiger partial charge is 0.447 e. The molecule has 0 amide bonds. The highest BCUT2D eigenvalue weighted by Gasteiger charge is 2.15. The van der Waals surface area contributed by atoms with Crippen LogP contribution < -0.4 is 0 Å². The van der Waals surface area contributed by atoms with Gasteiger partial charge in [-0.05, 0) is 37.6 Å². The number of aliphatic hydroxyl groups is 1. The van der Waals surface area contributed by atoms with Gasteiger partial charge in [0.15, 0.2) is 5.22 Å². The maximum absolute atomic E-state index is 9.90. The van der Waals surface area contributed by atoms with Gasteiger partial charge >= 0.3 is 0 Å². The molecule has 0 aliphatic heterocycles. The number of thiazole rings is 1. The molecule has 0 fully saturated rings. The smallest absolute Gasteiger partial charge is 0.193 e. The van der Waals surface area contributed by atoms with Crippen molar-refractivity contribution in [3.8, 4) is 0 Å². The summed E-state index contributed by atoms with van der Waals surface area (Å²) in [6, 6.07) is 3.30. The molecule has 2 aromatic heterocycles. The van der Waals surface area contributed by atoms with Gasteiger partial charge < -0.3 is 9.52 Å². The van der Waals surface area contributed by atoms with Crippen LogP contribution in [-0.4, -0.2) is 10.1 Å². The van der Waals surface area contributed by atoms with E-state index in [1.165, 1.54) is 4.88 Å². The third-order valence-electron chi connectivity index (χ3n) is 2.36. The van der Waals surface area contributed by atoms with Gasteiger partial charge in [-0.2, -0.15) is 0 Å². The second-order valence-corrected chi connectivity index (χ2v) is 5.27. The van der Waals surface area contributed by atoms with E-state index in [0.29, 0.717) is 17.4 Å². The van der Waals surface area contributed by atoms with E-state index in [1.807, 2.05) is 13.8 Å². The van der Waals surface area contributed by atoms with Crippen LogP contribution in [0, 0.1) is 13.8 Å². The number of aromatic nitrogens is 1. The van der Waals surface area contributed by atoms with Crippen LogP contribution >= 0.6 is 22.9 Å². The molecule has 2 heterocycles. The molecule has 0 aliphatic carbocycles. The predicted molar refractivity (Wildman–Crippen MR) is 64.0 cm³/mol. The van der Waals surface area contributed by atoms with E-state index in [9.17, 15) is 5.11 Å². The number of halogens is 1. The molecule has 3 nitrogen and oxygen atoms in total. The summed E-state index contributed by atoms with van der Waals surface area (Å²) in [6.07, 6.45) is -0.221. The Labute approximate surface area is 103 Å². The summed E-state index contributed by atoms with van der Waals surface area (Å²) in [5.41, 5.74) is 1.02. The van der Waals surface area contributed by atoms with E-state index in [-0.39, 0.29) is 0 Å². The van der Waals surface area contributed by atoms with E-state index in [4.69, 9.17) is 16.0 Å². The number of hydrogen-bond donors (Lipinski definition) is 1. The van der Waals surface area contributed by atoms with Crippen LogP contribution in [0.25, 0.3) is 0 Å². The Hall–Kier alpha value is -0.840. The Balaban J connectivity index is 2.10. The van der Waals surface area contributed by atoms with Crippen molar-refractivity contribution < 1.29 is 9.52 Å². The van der Waals surface area contributed by atoms with Gasteiger partial charge in [0, 0.05) is 11.3 Å². The lowest BCUT2D eigenvalue weighted by Crippen LogP contribution is -1.99. The number of hydrogen-bond acceptors (Lipinski definition) is 4. The zero-order valence-electron chi connectivity index (χ0n) is 9.03. The SMILES string of the molecule is Cc1nc(CC(O)c2ccc(Cl)o2)sc1C. The second-order valence-electron chi connectivity index (χ2n) is 3.61. The van der Waals surface area contributed by atoms with Crippen LogP contribution in [0.5, 0.6) is 0 Å². The molecular formula is C11H12ClNO2S. The maximum Gasteiger partial charge on any atom is 0.193 e. The molecule has 0 aliphatic rings. The zero-order valence-corrected chi connectivity index (χ0v) is 10.6. The summed E-state index contributed by atoms with van der Waals surface area (Å²) < 4.78 is 5.15. The van der Waals surface area contributed by atoms with E-state index in [2.05, 4.69) is 4.98 Å². The molecule has 0 saturated carbocycles. The lowest BCUT2D eigenvalue weighted by Gasteiger charge is -2.04. The average Bonchev–Trinajstić information content (AvgIpc) is 2.75. The molecule has 1 atom stereocenters. The fourth-order valence-electron chi connectivity index (χ4n) is 1.40. The number of rotatable bonds is 3. The minimum absolute atomic E-state index is 0.292. The monoisotopic (exact) mass is 257 g/mol. The normalized spacial score (nSPS) is 13.0. The van der Waals surface area contributed by atoms with Crippen molar-refractivity contribution in [3.63, 3.8) is 0 Å². The molecule has 0 spiro atoms. The van der Waals surface area contributed by atoms with Crippen LogP contribution in [0.1, 0.15) is 27.4 Å². The van der Waals surface area contributed by atoms with Crippen LogP contribution in [-0.2, 0) is 6.42 Å². The van der Waals surface area contributed by atoms with Gasteiger partial charge in [0.1, 0.15) is 11.9 Å². The van der Waals surface area contributed by atoms with Crippen molar-refractivity contribution in [1.29, 1.82) is 0 Å². The summed E-state index contributed by atoms with van der Waals surface area (Å²) in [4.78, 5) is 5.55. The zero-order chi connectivity index (χ0) is 11.7. The lowest BCUT2D eigenvalue weighted by atomic mass is 10.2. The summed E-state index contributed by atoms with van der Waals surface area (Å²) >= 11 is 7.24. The molecule has 0 bridgehead atoms. The Morgan fingerprint density at radius 1 is 1.50 bits per heavy atom. The highest BCUT2D eigenvalue weighted by Crippen LogP contribution is 2.25. The minimum atomic E-state index is -0.683. The van der Waals surface area contributed by atoms with Crippen LogP contribution in [0.3, 0.4) is 0 Å². The first-order chi connectivity index (χ1) is 7.56. The van der Waals surface area contributed by atoms with Gasteiger partial charge in [-0.3, -0.25) is 0 Å². The maximum atomic E-state index is 9.90. The molecule has 16 heavy (non-hydrogen) atoms. The summed E-state index contributed by atoms with van der Waals surface area (Å²) in [7, 11) is 0. The van der Waals surface area contributed by atoms with Crippen LogP contribution in [0.2, 0.25) is 5.22 Å². The Morgan fingerprint density at radius 3 is 2.75 bits per heavy atom. The Bertz CT molecular complexity index is 472. The third kappa shape index (κ3) is 2.45. The third-order valence-corrected chi connectivity index (χ3v) is 3.66. The topological polar surface area (TPSA) is 46.3 Å². The lowest BCUT2D eigenvalue weighted by molar-refractivity contribution is 0.150. The van der Waals surface area contributed by atoms with Gasteiger partial charge in [0.05, 0.1) is 10.7 Å². The molecular weight excluding hydrogens is 246 g/mol. The molecule has 0 aromatic carbocycles. The number of aryl methyl sites for hydroxylation is 2. The van der Waals surface area contributed by atoms with Gasteiger partial charge in [-0.15, -0.1) is 11.3 Å². The van der Waals surface area contributed by atoms with Crippen molar-refractivity contribution in [2.45, 2.75) is 26.4 Å². The standard InChI is InChI=1S/C11H12ClNO2S/c1-6-7(2)16-11(13-6)5-8(14)9-3-4-10(12)15-9/h3-4,8,14H,5H2,1-2H3. The van der Waals surface area contributed by atoms with E-state index < -0.39 is 6.10 Å². The fourth-order valence-corrected chi connectivity index (χ4v) is 2.52. The number of aliphatic hydroxyl groups excluding tert-OH is 1. The first kappa shape index (κ1) is 11.6. The minimum Gasteiger partial charge on any atom is -0.447 e. The van der Waals surface area contributed by atoms with Crippen molar-refractivity contribution in [1.82, 2.24) is 4.98 Å².